The molecular formula is C13H13ClN2. The van der Waals surface area contributed by atoms with Gasteiger partial charge in [0.15, 0.2) is 0 Å². The molecule has 0 saturated heterocycles. The summed E-state index contributed by atoms with van der Waals surface area (Å²) in [5.41, 5.74) is 5.56. The lowest BCUT2D eigenvalue weighted by molar-refractivity contribution is 1.13. The Kier molecular flexibility index (Phi) is 2.92. The summed E-state index contributed by atoms with van der Waals surface area (Å²) in [5, 5.41) is 0.291. The molecule has 0 fully saturated rings. The molecule has 16 heavy (non-hydrogen) atoms. The molecule has 1 heterocycles. The predicted octanol–water partition coefficient (Wildman–Crippen LogP) is 3.72. The Labute approximate surface area is 100 Å². The monoisotopic (exact) mass is 232 g/mol. The molecule has 0 aliphatic heterocycles. The first kappa shape index (κ1) is 11.1. The van der Waals surface area contributed by atoms with Crippen LogP contribution in [-0.2, 0) is 0 Å². The molecule has 0 N–H and O–H groups in total. The molecule has 0 atom stereocenters. The van der Waals surface area contributed by atoms with Crippen molar-refractivity contribution in [1.29, 1.82) is 0 Å². The van der Waals surface area contributed by atoms with Crippen molar-refractivity contribution in [3.8, 4) is 11.3 Å². The maximum absolute atomic E-state index is 5.82. The van der Waals surface area contributed by atoms with Gasteiger partial charge in [-0.05, 0) is 55.1 Å². The Morgan fingerprint density at radius 3 is 2.44 bits per heavy atom. The molecule has 0 bridgehead atoms. The summed E-state index contributed by atoms with van der Waals surface area (Å²) in [6.07, 6.45) is 1.75. The van der Waals surface area contributed by atoms with Crippen molar-refractivity contribution in [3.63, 3.8) is 0 Å². The SMILES string of the molecule is Cc1ccc(-c2nc(Cl)ncc2C)cc1C. The molecule has 0 unspecified atom stereocenters. The van der Waals surface area contributed by atoms with Gasteiger partial charge in [0.2, 0.25) is 5.28 Å². The van der Waals surface area contributed by atoms with E-state index in [-0.39, 0.29) is 0 Å². The Balaban J connectivity index is 2.58. The number of benzene rings is 1. The average Bonchev–Trinajstić information content (AvgIpc) is 2.26. The topological polar surface area (TPSA) is 25.8 Å². The van der Waals surface area contributed by atoms with Crippen LogP contribution in [0.2, 0.25) is 5.28 Å². The van der Waals surface area contributed by atoms with Gasteiger partial charge in [0.05, 0.1) is 5.69 Å². The maximum Gasteiger partial charge on any atom is 0.222 e. The average molecular weight is 233 g/mol. The van der Waals surface area contributed by atoms with Gasteiger partial charge in [-0.2, -0.15) is 0 Å². The van der Waals surface area contributed by atoms with Crippen LogP contribution in [0, 0.1) is 20.8 Å². The molecule has 0 spiro atoms. The molecule has 3 heteroatoms. The Morgan fingerprint density at radius 1 is 1.00 bits per heavy atom. The zero-order chi connectivity index (χ0) is 11.7. The molecule has 2 aromatic rings. The van der Waals surface area contributed by atoms with Crippen LogP contribution in [0.5, 0.6) is 0 Å². The van der Waals surface area contributed by atoms with E-state index < -0.39 is 0 Å². The highest BCUT2D eigenvalue weighted by Crippen LogP contribution is 2.23. The summed E-state index contributed by atoms with van der Waals surface area (Å²) in [4.78, 5) is 8.23. The summed E-state index contributed by atoms with van der Waals surface area (Å²) in [7, 11) is 0. The second-order valence-corrected chi connectivity index (χ2v) is 4.31. The van der Waals surface area contributed by atoms with Crippen LogP contribution in [0.4, 0.5) is 0 Å². The molecule has 1 aromatic carbocycles. The standard InChI is InChI=1S/C13H13ClN2/c1-8-4-5-11(6-9(8)2)12-10(3)7-15-13(14)16-12/h4-7H,1-3H3. The second kappa shape index (κ2) is 4.22. The van der Waals surface area contributed by atoms with Crippen molar-refractivity contribution in [2.75, 3.05) is 0 Å². The van der Waals surface area contributed by atoms with Gasteiger partial charge in [0, 0.05) is 11.8 Å². The van der Waals surface area contributed by atoms with Crippen LogP contribution in [-0.4, -0.2) is 9.97 Å². The van der Waals surface area contributed by atoms with Gasteiger partial charge in [-0.15, -0.1) is 0 Å². The fourth-order valence-corrected chi connectivity index (χ4v) is 1.73. The van der Waals surface area contributed by atoms with E-state index in [0.717, 1.165) is 16.8 Å². The minimum absolute atomic E-state index is 0.291. The molecule has 0 aliphatic rings. The Hall–Kier alpha value is -1.41. The summed E-state index contributed by atoms with van der Waals surface area (Å²) >= 11 is 5.82. The van der Waals surface area contributed by atoms with E-state index in [4.69, 9.17) is 11.6 Å². The van der Waals surface area contributed by atoms with E-state index in [0.29, 0.717) is 5.28 Å². The minimum Gasteiger partial charge on any atom is -0.226 e. The molecule has 82 valence electrons. The van der Waals surface area contributed by atoms with Crippen LogP contribution in [0.25, 0.3) is 11.3 Å². The lowest BCUT2D eigenvalue weighted by Crippen LogP contribution is -1.92. The zero-order valence-corrected chi connectivity index (χ0v) is 10.3. The summed E-state index contributed by atoms with van der Waals surface area (Å²) in [5.74, 6) is 0. The highest BCUT2D eigenvalue weighted by Gasteiger charge is 2.06. The summed E-state index contributed by atoms with van der Waals surface area (Å²) < 4.78 is 0. The van der Waals surface area contributed by atoms with Crippen LogP contribution in [0.15, 0.2) is 24.4 Å². The fourth-order valence-electron chi connectivity index (χ4n) is 1.60. The highest BCUT2D eigenvalue weighted by molar-refractivity contribution is 6.28. The van der Waals surface area contributed by atoms with E-state index in [9.17, 15) is 0 Å². The predicted molar refractivity (Wildman–Crippen MR) is 66.7 cm³/mol. The van der Waals surface area contributed by atoms with Crippen molar-refractivity contribution in [3.05, 3.63) is 46.4 Å². The first-order valence-corrected chi connectivity index (χ1v) is 5.52. The van der Waals surface area contributed by atoms with Gasteiger partial charge in [-0.1, -0.05) is 12.1 Å². The summed E-state index contributed by atoms with van der Waals surface area (Å²) in [6, 6.07) is 6.29. The third-order valence-electron chi connectivity index (χ3n) is 2.72. The number of nitrogens with zero attached hydrogens (tertiary/aromatic N) is 2. The smallest absolute Gasteiger partial charge is 0.222 e. The van der Waals surface area contributed by atoms with Crippen LogP contribution in [0.3, 0.4) is 0 Å². The van der Waals surface area contributed by atoms with Gasteiger partial charge < -0.3 is 0 Å². The molecule has 0 radical (unpaired) electrons. The van der Waals surface area contributed by atoms with Crippen molar-refractivity contribution < 1.29 is 0 Å². The van der Waals surface area contributed by atoms with Gasteiger partial charge in [0.25, 0.3) is 0 Å². The molecular weight excluding hydrogens is 220 g/mol. The van der Waals surface area contributed by atoms with E-state index in [1.165, 1.54) is 11.1 Å². The largest absolute Gasteiger partial charge is 0.226 e. The van der Waals surface area contributed by atoms with Crippen molar-refractivity contribution in [2.45, 2.75) is 20.8 Å². The van der Waals surface area contributed by atoms with Gasteiger partial charge in [-0.25, -0.2) is 9.97 Å². The quantitative estimate of drug-likeness (QED) is 0.701. The minimum atomic E-state index is 0.291. The number of aromatic nitrogens is 2. The molecule has 0 aliphatic carbocycles. The van der Waals surface area contributed by atoms with Crippen molar-refractivity contribution >= 4 is 11.6 Å². The van der Waals surface area contributed by atoms with Crippen LogP contribution < -0.4 is 0 Å². The number of halogens is 1. The number of hydrogen-bond donors (Lipinski definition) is 0. The van der Waals surface area contributed by atoms with Gasteiger partial charge >= 0.3 is 0 Å². The molecule has 0 amide bonds. The van der Waals surface area contributed by atoms with Gasteiger partial charge in [-0.3, -0.25) is 0 Å². The first-order chi connectivity index (χ1) is 7.58. The molecule has 2 rings (SSSR count). The molecule has 2 nitrogen and oxygen atoms in total. The number of rotatable bonds is 1. The Morgan fingerprint density at radius 2 is 1.75 bits per heavy atom. The third kappa shape index (κ3) is 2.07. The summed E-state index contributed by atoms with van der Waals surface area (Å²) in [6.45, 7) is 6.18. The number of hydrogen-bond acceptors (Lipinski definition) is 2. The normalized spacial score (nSPS) is 10.5. The zero-order valence-electron chi connectivity index (χ0n) is 9.58. The lowest BCUT2D eigenvalue weighted by atomic mass is 10.0. The highest BCUT2D eigenvalue weighted by atomic mass is 35.5. The fraction of sp³-hybridized carbons (Fsp3) is 0.231. The number of aryl methyl sites for hydroxylation is 3. The van der Waals surface area contributed by atoms with E-state index in [1.54, 1.807) is 6.20 Å². The molecule has 1 aromatic heterocycles. The van der Waals surface area contributed by atoms with E-state index in [1.807, 2.05) is 6.92 Å². The van der Waals surface area contributed by atoms with E-state index >= 15 is 0 Å². The van der Waals surface area contributed by atoms with Crippen LogP contribution in [0.1, 0.15) is 16.7 Å². The Bertz CT molecular complexity index is 535. The second-order valence-electron chi connectivity index (χ2n) is 3.97. The van der Waals surface area contributed by atoms with Crippen molar-refractivity contribution in [2.24, 2.45) is 0 Å². The van der Waals surface area contributed by atoms with E-state index in [2.05, 4.69) is 42.0 Å². The molecule has 0 saturated carbocycles. The lowest BCUT2D eigenvalue weighted by Gasteiger charge is -2.07. The van der Waals surface area contributed by atoms with Crippen LogP contribution >= 0.6 is 11.6 Å². The third-order valence-corrected chi connectivity index (χ3v) is 2.90. The van der Waals surface area contributed by atoms with Crippen molar-refractivity contribution in [1.82, 2.24) is 9.97 Å². The van der Waals surface area contributed by atoms with Gasteiger partial charge in [0.1, 0.15) is 0 Å². The first-order valence-electron chi connectivity index (χ1n) is 5.14. The maximum atomic E-state index is 5.82.